The van der Waals surface area contributed by atoms with Gasteiger partial charge in [-0.15, -0.1) is 0 Å². The zero-order chi connectivity index (χ0) is 31.2. The van der Waals surface area contributed by atoms with Crippen molar-refractivity contribution in [1.29, 1.82) is 0 Å². The van der Waals surface area contributed by atoms with Crippen molar-refractivity contribution in [2.24, 2.45) is 11.8 Å². The fourth-order valence-electron chi connectivity index (χ4n) is 6.00. The first-order chi connectivity index (χ1) is 21.2. The standard InChI is InChI=1S/C36H46N4O4/c1-25(2)40-22-26(3)33(24-39(5)23-27-14-16-30(17-15-27)43-29-10-7-6-8-11-29)44-34-31(36(40)42)12-9-13-32(34)37-35(41)28-18-20-38(4)21-19-28/h6-17,25-26,28,33H,18-24H2,1-5H3,(H,37,41)/t26-,33?/m0/s1. The zero-order valence-corrected chi connectivity index (χ0v) is 26.7. The Bertz CT molecular complexity index is 1400. The molecule has 5 rings (SSSR count). The van der Waals surface area contributed by atoms with Gasteiger partial charge in [-0.1, -0.05) is 43.3 Å². The number of hydrogen-bond acceptors (Lipinski definition) is 6. The number of rotatable bonds is 9. The van der Waals surface area contributed by atoms with Crippen LogP contribution in [0.1, 0.15) is 49.5 Å². The maximum Gasteiger partial charge on any atom is 0.257 e. The molecule has 1 fully saturated rings. The topological polar surface area (TPSA) is 74.3 Å². The summed E-state index contributed by atoms with van der Waals surface area (Å²) in [6, 6.07) is 23.4. The Balaban J connectivity index is 1.33. The summed E-state index contributed by atoms with van der Waals surface area (Å²) in [5.74, 6) is 2.01. The van der Waals surface area contributed by atoms with Crippen LogP contribution in [-0.4, -0.2) is 78.9 Å². The minimum atomic E-state index is -0.199. The van der Waals surface area contributed by atoms with Crippen LogP contribution in [0.15, 0.2) is 72.8 Å². The molecule has 0 bridgehead atoms. The SMILES string of the molecule is CC(C)N1C[C@H](C)C(CN(C)Cc2ccc(Oc3ccccc3)cc2)Oc2c(NC(=O)C3CCN(C)CC3)cccc2C1=O. The summed E-state index contributed by atoms with van der Waals surface area (Å²) >= 11 is 0. The van der Waals surface area contributed by atoms with Crippen molar-refractivity contribution in [2.75, 3.05) is 45.6 Å². The first kappa shape index (κ1) is 31.5. The van der Waals surface area contributed by atoms with Gasteiger partial charge in [0.05, 0.1) is 11.3 Å². The number of hydrogen-bond donors (Lipinski definition) is 1. The van der Waals surface area contributed by atoms with E-state index in [0.29, 0.717) is 30.1 Å². The Morgan fingerprint density at radius 2 is 1.68 bits per heavy atom. The van der Waals surface area contributed by atoms with Gasteiger partial charge in [0, 0.05) is 37.5 Å². The third kappa shape index (κ3) is 7.79. The maximum absolute atomic E-state index is 13.8. The van der Waals surface area contributed by atoms with Gasteiger partial charge in [0.2, 0.25) is 5.91 Å². The average molecular weight is 599 g/mol. The molecular formula is C36H46N4O4. The summed E-state index contributed by atoms with van der Waals surface area (Å²) in [6.07, 6.45) is 1.44. The molecule has 0 saturated carbocycles. The summed E-state index contributed by atoms with van der Waals surface area (Å²) in [4.78, 5) is 33.5. The number of anilines is 1. The van der Waals surface area contributed by atoms with Crippen LogP contribution in [0.5, 0.6) is 17.2 Å². The summed E-state index contributed by atoms with van der Waals surface area (Å²) in [6.45, 7) is 10.0. The van der Waals surface area contributed by atoms with Gasteiger partial charge in [-0.3, -0.25) is 14.5 Å². The average Bonchev–Trinajstić information content (AvgIpc) is 3.01. The summed E-state index contributed by atoms with van der Waals surface area (Å²) in [5.41, 5.74) is 2.23. The van der Waals surface area contributed by atoms with Crippen LogP contribution in [0.3, 0.4) is 0 Å². The first-order valence-electron chi connectivity index (χ1n) is 15.8. The lowest BCUT2D eigenvalue weighted by atomic mass is 9.96. The molecule has 44 heavy (non-hydrogen) atoms. The minimum absolute atomic E-state index is 0.00766. The molecule has 2 atom stereocenters. The molecule has 2 aliphatic rings. The highest BCUT2D eigenvalue weighted by Gasteiger charge is 2.34. The molecule has 0 spiro atoms. The molecule has 0 aromatic heterocycles. The summed E-state index contributed by atoms with van der Waals surface area (Å²) in [5, 5.41) is 3.14. The van der Waals surface area contributed by atoms with E-state index in [0.717, 1.165) is 49.5 Å². The predicted octanol–water partition coefficient (Wildman–Crippen LogP) is 6.14. The highest BCUT2D eigenvalue weighted by atomic mass is 16.5. The molecule has 2 amide bonds. The van der Waals surface area contributed by atoms with Gasteiger partial charge >= 0.3 is 0 Å². The van der Waals surface area contributed by atoms with Gasteiger partial charge in [-0.05, 0) is 95.8 Å². The predicted molar refractivity (Wildman–Crippen MR) is 174 cm³/mol. The van der Waals surface area contributed by atoms with E-state index in [1.165, 1.54) is 0 Å². The Labute approximate surface area is 261 Å². The van der Waals surface area contributed by atoms with E-state index in [4.69, 9.17) is 9.47 Å². The van der Waals surface area contributed by atoms with Crippen molar-refractivity contribution in [3.8, 4) is 17.2 Å². The van der Waals surface area contributed by atoms with Crippen molar-refractivity contribution in [2.45, 2.75) is 52.3 Å². The lowest BCUT2D eigenvalue weighted by Gasteiger charge is -2.38. The van der Waals surface area contributed by atoms with E-state index in [2.05, 4.69) is 48.3 Å². The monoisotopic (exact) mass is 598 g/mol. The number of fused-ring (bicyclic) bond motifs is 1. The van der Waals surface area contributed by atoms with E-state index in [1.807, 2.05) is 79.4 Å². The van der Waals surface area contributed by atoms with Gasteiger partial charge in [-0.25, -0.2) is 0 Å². The van der Waals surface area contributed by atoms with E-state index in [9.17, 15) is 9.59 Å². The van der Waals surface area contributed by atoms with Gasteiger partial charge < -0.3 is 24.6 Å². The van der Waals surface area contributed by atoms with Crippen LogP contribution in [0, 0.1) is 11.8 Å². The lowest BCUT2D eigenvalue weighted by Crippen LogP contribution is -2.48. The Hall–Kier alpha value is -3.88. The van der Waals surface area contributed by atoms with Crippen molar-refractivity contribution >= 4 is 17.5 Å². The van der Waals surface area contributed by atoms with E-state index in [-0.39, 0.29) is 35.8 Å². The molecule has 1 N–H and O–H groups in total. The molecule has 1 unspecified atom stereocenters. The van der Waals surface area contributed by atoms with E-state index >= 15 is 0 Å². The number of carbonyl (C=O) groups excluding carboxylic acids is 2. The van der Waals surface area contributed by atoms with Crippen LogP contribution in [0.25, 0.3) is 0 Å². The molecule has 0 radical (unpaired) electrons. The van der Waals surface area contributed by atoms with Crippen LogP contribution in [0.2, 0.25) is 0 Å². The highest BCUT2D eigenvalue weighted by molar-refractivity contribution is 6.02. The van der Waals surface area contributed by atoms with Gasteiger partial charge in [0.1, 0.15) is 17.6 Å². The number of para-hydroxylation sites is 2. The number of benzene rings is 3. The smallest absolute Gasteiger partial charge is 0.257 e. The fourth-order valence-corrected chi connectivity index (χ4v) is 6.00. The molecular weight excluding hydrogens is 552 g/mol. The lowest BCUT2D eigenvalue weighted by molar-refractivity contribution is -0.121. The molecule has 8 nitrogen and oxygen atoms in total. The molecule has 234 valence electrons. The number of likely N-dealkylation sites (N-methyl/N-ethyl adjacent to an activating group) is 1. The third-order valence-electron chi connectivity index (χ3n) is 8.71. The summed E-state index contributed by atoms with van der Waals surface area (Å²) in [7, 11) is 4.17. The number of carbonyl (C=O) groups is 2. The Morgan fingerprint density at radius 1 is 1.00 bits per heavy atom. The van der Waals surface area contributed by atoms with Crippen LogP contribution in [-0.2, 0) is 11.3 Å². The fraction of sp³-hybridized carbons (Fsp3) is 0.444. The minimum Gasteiger partial charge on any atom is -0.486 e. The van der Waals surface area contributed by atoms with Gasteiger partial charge in [-0.2, -0.15) is 0 Å². The number of ether oxygens (including phenoxy) is 2. The highest BCUT2D eigenvalue weighted by Crippen LogP contribution is 2.36. The maximum atomic E-state index is 13.8. The van der Waals surface area contributed by atoms with Gasteiger partial charge in [0.15, 0.2) is 5.75 Å². The van der Waals surface area contributed by atoms with Crippen molar-refractivity contribution in [3.63, 3.8) is 0 Å². The van der Waals surface area contributed by atoms with Crippen LogP contribution >= 0.6 is 0 Å². The number of nitrogens with zero attached hydrogens (tertiary/aromatic N) is 3. The largest absolute Gasteiger partial charge is 0.486 e. The van der Waals surface area contributed by atoms with Crippen LogP contribution < -0.4 is 14.8 Å². The number of piperidine rings is 1. The van der Waals surface area contributed by atoms with Gasteiger partial charge in [0.25, 0.3) is 5.91 Å². The Morgan fingerprint density at radius 3 is 2.36 bits per heavy atom. The quantitative estimate of drug-likeness (QED) is 0.319. The second-order valence-corrected chi connectivity index (χ2v) is 12.7. The van der Waals surface area contributed by atoms with Crippen molar-refractivity contribution < 1.29 is 19.1 Å². The Kier molecular flexibility index (Phi) is 10.2. The molecule has 2 aliphatic heterocycles. The third-order valence-corrected chi connectivity index (χ3v) is 8.71. The number of amides is 2. The number of nitrogens with one attached hydrogen (secondary N) is 1. The number of likely N-dealkylation sites (tertiary alicyclic amines) is 1. The zero-order valence-electron chi connectivity index (χ0n) is 26.7. The molecule has 3 aromatic carbocycles. The van der Waals surface area contributed by atoms with E-state index < -0.39 is 0 Å². The first-order valence-corrected chi connectivity index (χ1v) is 15.8. The second kappa shape index (κ2) is 14.3. The molecule has 3 aromatic rings. The van der Waals surface area contributed by atoms with Crippen molar-refractivity contribution in [1.82, 2.24) is 14.7 Å². The molecule has 2 heterocycles. The molecule has 1 saturated heterocycles. The molecule has 0 aliphatic carbocycles. The van der Waals surface area contributed by atoms with Crippen molar-refractivity contribution in [3.05, 3.63) is 83.9 Å². The summed E-state index contributed by atoms with van der Waals surface area (Å²) < 4.78 is 12.7. The normalized spacial score (nSPS) is 19.7. The molecule has 8 heteroatoms. The van der Waals surface area contributed by atoms with Crippen LogP contribution in [0.4, 0.5) is 5.69 Å². The second-order valence-electron chi connectivity index (χ2n) is 12.7. The van der Waals surface area contributed by atoms with E-state index in [1.54, 1.807) is 0 Å².